The van der Waals surface area contributed by atoms with Crippen LogP contribution in [0.5, 0.6) is 0 Å². The number of rotatable bonds is 3. The van der Waals surface area contributed by atoms with Crippen LogP contribution in [0.15, 0.2) is 55.0 Å². The summed E-state index contributed by atoms with van der Waals surface area (Å²) in [7, 11) is 0. The van der Waals surface area contributed by atoms with Gasteiger partial charge in [-0.15, -0.1) is 0 Å². The van der Waals surface area contributed by atoms with Crippen LogP contribution in [-0.2, 0) is 0 Å². The van der Waals surface area contributed by atoms with Gasteiger partial charge in [-0.3, -0.25) is 0 Å². The lowest BCUT2D eigenvalue weighted by atomic mass is 10.1. The number of fused-ring (bicyclic) bond motifs is 1. The molecule has 0 saturated carbocycles. The van der Waals surface area contributed by atoms with Crippen molar-refractivity contribution in [2.45, 2.75) is 13.8 Å². The summed E-state index contributed by atoms with van der Waals surface area (Å²) in [6.07, 6.45) is 3.54. The third-order valence-electron chi connectivity index (χ3n) is 3.81. The minimum Gasteiger partial charge on any atom is -0.324 e. The quantitative estimate of drug-likeness (QED) is 0.626. The van der Waals surface area contributed by atoms with Crippen LogP contribution in [0.4, 0.5) is 11.6 Å². The fourth-order valence-corrected chi connectivity index (χ4v) is 2.56. The van der Waals surface area contributed by atoms with Crippen LogP contribution in [-0.4, -0.2) is 24.7 Å². The number of aryl methyl sites for hydroxylation is 2. The molecule has 0 amide bonds. The SMILES string of the molecule is Cc1ncn(-c2ccc(Nc3ncc4cccc(C)c4n3)cc2)n1. The summed E-state index contributed by atoms with van der Waals surface area (Å²) < 4.78 is 1.75. The lowest BCUT2D eigenvalue weighted by molar-refractivity contribution is 0.863. The van der Waals surface area contributed by atoms with E-state index in [9.17, 15) is 0 Å². The Hall–Kier alpha value is -3.28. The van der Waals surface area contributed by atoms with Gasteiger partial charge >= 0.3 is 0 Å². The van der Waals surface area contributed by atoms with Gasteiger partial charge in [-0.25, -0.2) is 19.6 Å². The zero-order valence-corrected chi connectivity index (χ0v) is 13.4. The minimum atomic E-state index is 0.584. The molecule has 2 aromatic heterocycles. The van der Waals surface area contributed by atoms with Crippen molar-refractivity contribution in [1.29, 1.82) is 0 Å². The van der Waals surface area contributed by atoms with Crippen LogP contribution in [0.3, 0.4) is 0 Å². The zero-order chi connectivity index (χ0) is 16.5. The van der Waals surface area contributed by atoms with Crippen molar-refractivity contribution >= 4 is 22.5 Å². The standard InChI is InChI=1S/C18H16N6/c1-12-4-3-5-14-10-19-18(22-17(12)14)21-15-6-8-16(9-7-15)24-11-20-13(2)23-24/h3-11H,1-2H3,(H,19,21,22). The Morgan fingerprint density at radius 1 is 0.958 bits per heavy atom. The summed E-state index contributed by atoms with van der Waals surface area (Å²) in [6.45, 7) is 3.92. The summed E-state index contributed by atoms with van der Waals surface area (Å²) in [6, 6.07) is 14.0. The van der Waals surface area contributed by atoms with E-state index < -0.39 is 0 Å². The van der Waals surface area contributed by atoms with E-state index in [4.69, 9.17) is 0 Å². The molecule has 0 saturated heterocycles. The van der Waals surface area contributed by atoms with Gasteiger partial charge in [0.2, 0.25) is 5.95 Å². The van der Waals surface area contributed by atoms with Crippen LogP contribution in [0.2, 0.25) is 0 Å². The topological polar surface area (TPSA) is 68.5 Å². The Morgan fingerprint density at radius 2 is 1.79 bits per heavy atom. The number of hydrogen-bond donors (Lipinski definition) is 1. The van der Waals surface area contributed by atoms with E-state index in [2.05, 4.69) is 25.4 Å². The number of nitrogens with one attached hydrogen (secondary N) is 1. The second-order valence-corrected chi connectivity index (χ2v) is 5.61. The second-order valence-electron chi connectivity index (χ2n) is 5.61. The van der Waals surface area contributed by atoms with Crippen LogP contribution < -0.4 is 5.32 Å². The van der Waals surface area contributed by atoms with Gasteiger partial charge < -0.3 is 5.32 Å². The van der Waals surface area contributed by atoms with Gasteiger partial charge in [-0.2, -0.15) is 5.10 Å². The Balaban J connectivity index is 1.60. The molecule has 4 aromatic rings. The number of benzene rings is 2. The predicted molar refractivity (Wildman–Crippen MR) is 93.7 cm³/mol. The first-order valence-electron chi connectivity index (χ1n) is 7.67. The Kier molecular flexibility index (Phi) is 3.42. The second kappa shape index (κ2) is 5.73. The largest absolute Gasteiger partial charge is 0.324 e. The highest BCUT2D eigenvalue weighted by Crippen LogP contribution is 2.20. The number of hydrogen-bond acceptors (Lipinski definition) is 5. The molecule has 2 aromatic carbocycles. The van der Waals surface area contributed by atoms with Gasteiger partial charge in [0.05, 0.1) is 11.2 Å². The fourth-order valence-electron chi connectivity index (χ4n) is 2.56. The monoisotopic (exact) mass is 316 g/mol. The molecule has 24 heavy (non-hydrogen) atoms. The summed E-state index contributed by atoms with van der Waals surface area (Å²) in [5.74, 6) is 1.33. The lowest BCUT2D eigenvalue weighted by Crippen LogP contribution is -1.99. The lowest BCUT2D eigenvalue weighted by Gasteiger charge is -2.08. The van der Waals surface area contributed by atoms with Crippen LogP contribution in [0, 0.1) is 13.8 Å². The average molecular weight is 316 g/mol. The molecular weight excluding hydrogens is 300 g/mol. The molecule has 2 heterocycles. The number of aromatic nitrogens is 5. The van der Waals surface area contributed by atoms with Crippen molar-refractivity contribution in [2.75, 3.05) is 5.32 Å². The molecule has 4 rings (SSSR count). The molecule has 0 unspecified atom stereocenters. The Morgan fingerprint density at radius 3 is 2.54 bits per heavy atom. The molecule has 0 radical (unpaired) electrons. The fraction of sp³-hybridized carbons (Fsp3) is 0.111. The summed E-state index contributed by atoms with van der Waals surface area (Å²) in [5, 5.41) is 8.58. The van der Waals surface area contributed by atoms with Crippen molar-refractivity contribution in [3.63, 3.8) is 0 Å². The molecule has 118 valence electrons. The van der Waals surface area contributed by atoms with Gasteiger partial charge in [0.15, 0.2) is 0 Å². The van der Waals surface area contributed by atoms with Crippen molar-refractivity contribution < 1.29 is 0 Å². The van der Waals surface area contributed by atoms with Gasteiger partial charge in [0, 0.05) is 17.3 Å². The molecule has 0 aliphatic carbocycles. The summed E-state index contributed by atoms with van der Waals surface area (Å²) in [5.41, 5.74) is 3.97. The number of nitrogens with zero attached hydrogens (tertiary/aromatic N) is 5. The highest BCUT2D eigenvalue weighted by Gasteiger charge is 2.04. The predicted octanol–water partition coefficient (Wildman–Crippen LogP) is 3.57. The maximum absolute atomic E-state index is 4.60. The molecule has 0 spiro atoms. The molecule has 0 atom stereocenters. The Bertz CT molecular complexity index is 1000. The van der Waals surface area contributed by atoms with Crippen LogP contribution in [0.1, 0.15) is 11.4 Å². The van der Waals surface area contributed by atoms with Crippen molar-refractivity contribution in [3.8, 4) is 5.69 Å². The maximum atomic E-state index is 4.60. The van der Waals surface area contributed by atoms with E-state index in [1.54, 1.807) is 11.0 Å². The first-order chi connectivity index (χ1) is 11.7. The molecule has 0 aliphatic heterocycles. The van der Waals surface area contributed by atoms with Gasteiger partial charge in [-0.1, -0.05) is 18.2 Å². The molecule has 6 nitrogen and oxygen atoms in total. The molecular formula is C18H16N6. The molecule has 6 heteroatoms. The summed E-state index contributed by atoms with van der Waals surface area (Å²) in [4.78, 5) is 13.1. The van der Waals surface area contributed by atoms with Gasteiger partial charge in [0.25, 0.3) is 0 Å². The molecule has 1 N–H and O–H groups in total. The highest BCUT2D eigenvalue weighted by atomic mass is 15.3. The Labute approximate surface area is 139 Å². The normalized spacial score (nSPS) is 10.9. The smallest absolute Gasteiger partial charge is 0.227 e. The van der Waals surface area contributed by atoms with E-state index in [1.165, 1.54) is 0 Å². The maximum Gasteiger partial charge on any atom is 0.227 e. The third kappa shape index (κ3) is 2.69. The van der Waals surface area contributed by atoms with E-state index in [-0.39, 0.29) is 0 Å². The van der Waals surface area contributed by atoms with E-state index in [0.717, 1.165) is 33.7 Å². The van der Waals surface area contributed by atoms with Gasteiger partial charge in [-0.05, 0) is 43.7 Å². The van der Waals surface area contributed by atoms with Crippen LogP contribution >= 0.6 is 0 Å². The number of para-hydroxylation sites is 1. The van der Waals surface area contributed by atoms with Crippen molar-refractivity contribution in [2.24, 2.45) is 0 Å². The number of anilines is 2. The highest BCUT2D eigenvalue weighted by molar-refractivity contribution is 5.82. The third-order valence-corrected chi connectivity index (χ3v) is 3.81. The molecule has 0 fully saturated rings. The molecule has 0 bridgehead atoms. The summed E-state index contributed by atoms with van der Waals surface area (Å²) >= 11 is 0. The first-order valence-corrected chi connectivity index (χ1v) is 7.67. The van der Waals surface area contributed by atoms with Crippen molar-refractivity contribution in [1.82, 2.24) is 24.7 Å². The minimum absolute atomic E-state index is 0.584. The zero-order valence-electron chi connectivity index (χ0n) is 13.4. The van der Waals surface area contributed by atoms with E-state index >= 15 is 0 Å². The first kappa shape index (κ1) is 14.3. The van der Waals surface area contributed by atoms with Crippen molar-refractivity contribution in [3.05, 3.63) is 66.4 Å². The van der Waals surface area contributed by atoms with E-state index in [0.29, 0.717) is 5.95 Å². The van der Waals surface area contributed by atoms with Crippen LogP contribution in [0.25, 0.3) is 16.6 Å². The van der Waals surface area contributed by atoms with Gasteiger partial charge in [0.1, 0.15) is 12.2 Å². The van der Waals surface area contributed by atoms with E-state index in [1.807, 2.05) is 62.5 Å². The molecule has 0 aliphatic rings. The average Bonchev–Trinajstić information content (AvgIpc) is 3.03.